The average Bonchev–Trinajstić information content (AvgIpc) is 2.92. The van der Waals surface area contributed by atoms with E-state index in [0.29, 0.717) is 17.9 Å². The lowest BCUT2D eigenvalue weighted by Gasteiger charge is -2.36. The predicted octanol–water partition coefficient (Wildman–Crippen LogP) is 3.46. The van der Waals surface area contributed by atoms with Crippen LogP contribution in [0, 0.1) is 0 Å². The molecule has 2 aromatic rings. The molecule has 6 heteroatoms. The van der Waals surface area contributed by atoms with E-state index in [9.17, 15) is 9.90 Å². The average molecular weight is 378 g/mol. The molecule has 0 saturated carbocycles. The zero-order valence-corrected chi connectivity index (χ0v) is 15.4. The minimum absolute atomic E-state index is 0.169. The van der Waals surface area contributed by atoms with E-state index in [4.69, 9.17) is 9.47 Å². The Morgan fingerprint density at radius 3 is 2.96 bits per heavy atom. The topological polar surface area (TPSA) is 79.8 Å². The molecule has 0 aromatic heterocycles. The molecule has 28 heavy (non-hydrogen) atoms. The minimum Gasteiger partial charge on any atom is -0.504 e. The highest BCUT2D eigenvalue weighted by Crippen LogP contribution is 2.55. The van der Waals surface area contributed by atoms with Crippen LogP contribution >= 0.6 is 0 Å². The number of ether oxygens (including phenoxy) is 2. The molecule has 0 bridgehead atoms. The molecule has 2 aromatic carbocycles. The van der Waals surface area contributed by atoms with Crippen molar-refractivity contribution in [2.75, 3.05) is 11.9 Å². The maximum absolute atomic E-state index is 12.3. The highest BCUT2D eigenvalue weighted by atomic mass is 16.6. The first-order valence-electron chi connectivity index (χ1n) is 9.60. The van der Waals surface area contributed by atoms with Crippen molar-refractivity contribution in [3.63, 3.8) is 0 Å². The van der Waals surface area contributed by atoms with E-state index in [1.807, 2.05) is 42.5 Å². The lowest BCUT2D eigenvalue weighted by Crippen LogP contribution is -2.44. The molecule has 3 N–H and O–H groups in total. The summed E-state index contributed by atoms with van der Waals surface area (Å²) in [5.74, 6) is 0.743. The third kappa shape index (κ3) is 2.72. The molecule has 1 amide bonds. The van der Waals surface area contributed by atoms with Gasteiger partial charge in [0.05, 0.1) is 5.41 Å². The molecule has 5 rings (SSSR count). The van der Waals surface area contributed by atoms with E-state index < -0.39 is 6.09 Å². The number of phenols is 1. The van der Waals surface area contributed by atoms with Crippen LogP contribution in [0.5, 0.6) is 11.5 Å². The van der Waals surface area contributed by atoms with Crippen molar-refractivity contribution in [2.24, 2.45) is 0 Å². The normalized spacial score (nSPS) is 27.1. The number of para-hydroxylation sites is 1. The Morgan fingerprint density at radius 1 is 1.25 bits per heavy atom. The van der Waals surface area contributed by atoms with Crippen LogP contribution in [0.4, 0.5) is 10.5 Å². The van der Waals surface area contributed by atoms with E-state index in [1.165, 1.54) is 0 Å². The Bertz CT molecular complexity index is 943. The number of rotatable bonds is 2. The first-order chi connectivity index (χ1) is 13.7. The Labute approximate surface area is 163 Å². The zero-order valence-electron chi connectivity index (χ0n) is 15.4. The SMILES string of the molecule is O=C(Nc1ccccc1)O[C@H]1C=C[C@@]23CCNCc4ccc(O)c(c42)O[C@H]3C1. The van der Waals surface area contributed by atoms with Gasteiger partial charge in [-0.3, -0.25) is 5.32 Å². The number of benzene rings is 2. The summed E-state index contributed by atoms with van der Waals surface area (Å²) in [6, 6.07) is 12.9. The number of phenolic OH excluding ortho intramolecular Hbond substituents is 1. The summed E-state index contributed by atoms with van der Waals surface area (Å²) in [4.78, 5) is 12.3. The molecule has 2 aliphatic heterocycles. The van der Waals surface area contributed by atoms with Gasteiger partial charge in [-0.1, -0.05) is 30.3 Å². The number of aromatic hydroxyl groups is 1. The van der Waals surface area contributed by atoms with Gasteiger partial charge in [0.15, 0.2) is 11.5 Å². The standard InChI is InChI=1S/C22H22N2O4/c25-17-7-6-14-13-23-11-10-22-9-8-16(12-18(22)28-20(17)19(14)22)27-21(26)24-15-4-2-1-3-5-15/h1-9,16,18,23,25H,10-13H2,(H,24,26)/t16-,18-,22-/m0/s1. The van der Waals surface area contributed by atoms with Gasteiger partial charge >= 0.3 is 6.09 Å². The zero-order chi connectivity index (χ0) is 19.1. The van der Waals surface area contributed by atoms with Crippen molar-refractivity contribution in [1.29, 1.82) is 0 Å². The second kappa shape index (κ2) is 6.56. The van der Waals surface area contributed by atoms with Gasteiger partial charge in [-0.15, -0.1) is 0 Å². The van der Waals surface area contributed by atoms with Gasteiger partial charge in [0.2, 0.25) is 0 Å². The smallest absolute Gasteiger partial charge is 0.412 e. The highest BCUT2D eigenvalue weighted by Gasteiger charge is 2.52. The Balaban J connectivity index is 1.39. The summed E-state index contributed by atoms with van der Waals surface area (Å²) in [5, 5.41) is 16.5. The minimum atomic E-state index is -0.488. The fourth-order valence-corrected chi connectivity index (χ4v) is 4.60. The Kier molecular flexibility index (Phi) is 4.02. The van der Waals surface area contributed by atoms with E-state index in [0.717, 1.165) is 30.6 Å². The Morgan fingerprint density at radius 2 is 2.11 bits per heavy atom. The van der Waals surface area contributed by atoms with Crippen LogP contribution in [0.15, 0.2) is 54.6 Å². The molecule has 3 atom stereocenters. The van der Waals surface area contributed by atoms with E-state index in [1.54, 1.807) is 6.07 Å². The summed E-state index contributed by atoms with van der Waals surface area (Å²) in [5.41, 5.74) is 2.63. The number of anilines is 1. The van der Waals surface area contributed by atoms with Crippen LogP contribution in [0.3, 0.4) is 0 Å². The monoisotopic (exact) mass is 378 g/mol. The van der Waals surface area contributed by atoms with Gasteiger partial charge in [-0.05, 0) is 42.8 Å². The molecule has 0 saturated heterocycles. The molecule has 0 fully saturated rings. The summed E-state index contributed by atoms with van der Waals surface area (Å²) in [7, 11) is 0. The van der Waals surface area contributed by atoms with Crippen molar-refractivity contribution in [2.45, 2.75) is 37.0 Å². The van der Waals surface area contributed by atoms with Gasteiger partial charge in [0.1, 0.15) is 12.2 Å². The first kappa shape index (κ1) is 17.1. The largest absolute Gasteiger partial charge is 0.504 e. The molecule has 1 spiro atoms. The lowest BCUT2D eigenvalue weighted by molar-refractivity contribution is 0.0687. The first-order valence-corrected chi connectivity index (χ1v) is 9.60. The molecular formula is C22H22N2O4. The van der Waals surface area contributed by atoms with Crippen LogP contribution in [0.25, 0.3) is 0 Å². The molecule has 3 aliphatic rings. The highest BCUT2D eigenvalue weighted by molar-refractivity contribution is 5.84. The van der Waals surface area contributed by atoms with E-state index in [2.05, 4.69) is 16.7 Å². The summed E-state index contributed by atoms with van der Waals surface area (Å²) >= 11 is 0. The van der Waals surface area contributed by atoms with E-state index >= 15 is 0 Å². The van der Waals surface area contributed by atoms with Gasteiger partial charge in [0, 0.05) is 24.2 Å². The molecular weight excluding hydrogens is 356 g/mol. The van der Waals surface area contributed by atoms with Crippen LogP contribution in [0.2, 0.25) is 0 Å². The number of hydrogen-bond donors (Lipinski definition) is 3. The van der Waals surface area contributed by atoms with Crippen molar-refractivity contribution < 1.29 is 19.4 Å². The van der Waals surface area contributed by atoms with Crippen molar-refractivity contribution in [3.8, 4) is 11.5 Å². The number of carbonyl (C=O) groups excluding carboxylic acids is 1. The van der Waals surface area contributed by atoms with Crippen LogP contribution in [-0.2, 0) is 16.7 Å². The summed E-state index contributed by atoms with van der Waals surface area (Å²) in [6.07, 6.45) is 4.46. The molecule has 0 radical (unpaired) electrons. The Hall–Kier alpha value is -2.99. The van der Waals surface area contributed by atoms with Gasteiger partial charge in [-0.2, -0.15) is 0 Å². The number of hydrogen-bond acceptors (Lipinski definition) is 5. The van der Waals surface area contributed by atoms with Gasteiger partial charge in [-0.25, -0.2) is 4.79 Å². The molecule has 0 unspecified atom stereocenters. The second-order valence-corrected chi connectivity index (χ2v) is 7.55. The van der Waals surface area contributed by atoms with Crippen molar-refractivity contribution in [1.82, 2.24) is 5.32 Å². The van der Waals surface area contributed by atoms with Crippen LogP contribution in [0.1, 0.15) is 24.0 Å². The van der Waals surface area contributed by atoms with Crippen LogP contribution < -0.4 is 15.4 Å². The molecule has 2 heterocycles. The molecule has 6 nitrogen and oxygen atoms in total. The second-order valence-electron chi connectivity index (χ2n) is 7.55. The fraction of sp³-hybridized carbons (Fsp3) is 0.318. The predicted molar refractivity (Wildman–Crippen MR) is 105 cm³/mol. The maximum Gasteiger partial charge on any atom is 0.412 e. The lowest BCUT2D eigenvalue weighted by atomic mass is 9.69. The summed E-state index contributed by atoms with van der Waals surface area (Å²) in [6.45, 7) is 1.62. The van der Waals surface area contributed by atoms with Crippen molar-refractivity contribution >= 4 is 11.8 Å². The maximum atomic E-state index is 12.3. The third-order valence-corrected chi connectivity index (χ3v) is 5.89. The fourth-order valence-electron chi connectivity index (χ4n) is 4.60. The van der Waals surface area contributed by atoms with Crippen molar-refractivity contribution in [3.05, 3.63) is 65.7 Å². The number of carbonyl (C=O) groups is 1. The number of amides is 1. The summed E-state index contributed by atoms with van der Waals surface area (Å²) < 4.78 is 11.8. The number of nitrogens with one attached hydrogen (secondary N) is 2. The third-order valence-electron chi connectivity index (χ3n) is 5.89. The molecule has 144 valence electrons. The van der Waals surface area contributed by atoms with E-state index in [-0.39, 0.29) is 23.4 Å². The quantitative estimate of drug-likeness (QED) is 0.698. The van der Waals surface area contributed by atoms with Gasteiger partial charge in [0.25, 0.3) is 0 Å². The van der Waals surface area contributed by atoms with Crippen LogP contribution in [-0.4, -0.2) is 30.0 Å². The molecule has 1 aliphatic carbocycles. The van der Waals surface area contributed by atoms with Gasteiger partial charge < -0.3 is 19.9 Å².